The molecule has 1 aliphatic rings. The molecule has 1 atom stereocenters. The number of aromatic nitrogens is 1. The fourth-order valence-electron chi connectivity index (χ4n) is 5.06. The summed E-state index contributed by atoms with van der Waals surface area (Å²) < 4.78 is 28.6. The SMILES string of the molecule is COc1ccc(-c2coc3c4c(ccc3c2=O)OC(=O)C[C@H]4c2ccccc2OCc2ccccn2)cc1OC. The molecule has 8 nitrogen and oxygen atoms in total. The fraction of sp³-hybridized carbons (Fsp3) is 0.156. The van der Waals surface area contributed by atoms with Crippen molar-refractivity contribution in [2.24, 2.45) is 0 Å². The molecule has 0 unspecified atom stereocenters. The molecule has 0 saturated carbocycles. The van der Waals surface area contributed by atoms with Gasteiger partial charge in [0.2, 0.25) is 5.43 Å². The summed E-state index contributed by atoms with van der Waals surface area (Å²) in [6, 6.07) is 21.7. The van der Waals surface area contributed by atoms with Crippen molar-refractivity contribution >= 4 is 16.9 Å². The molecule has 0 bridgehead atoms. The molecule has 0 aliphatic carbocycles. The normalized spacial score (nSPS) is 14.3. The molecule has 0 saturated heterocycles. The molecule has 5 aromatic rings. The highest BCUT2D eigenvalue weighted by Crippen LogP contribution is 2.45. The molecule has 1 aliphatic heterocycles. The van der Waals surface area contributed by atoms with Crippen molar-refractivity contribution in [3.8, 4) is 34.1 Å². The van der Waals surface area contributed by atoms with Crippen LogP contribution in [0, 0.1) is 0 Å². The summed E-state index contributed by atoms with van der Waals surface area (Å²) in [5.74, 6) is 1.20. The van der Waals surface area contributed by atoms with E-state index in [2.05, 4.69) is 4.98 Å². The number of carbonyl (C=O) groups is 1. The standard InChI is InChI=1S/C32H25NO7/c1-36-26-12-10-19(15-28(26)37-2)24-18-39-32-22(31(24)35)11-13-27-30(32)23(16-29(34)40-27)21-8-3-4-9-25(21)38-17-20-7-5-6-14-33-20/h3-15,18,23H,16-17H2,1-2H3/t23-/m0/s1. The topological polar surface area (TPSA) is 97.1 Å². The van der Waals surface area contributed by atoms with Crippen molar-refractivity contribution < 1.29 is 28.2 Å². The lowest BCUT2D eigenvalue weighted by Crippen LogP contribution is -2.22. The maximum atomic E-state index is 13.7. The Morgan fingerprint density at radius 2 is 1.73 bits per heavy atom. The summed E-state index contributed by atoms with van der Waals surface area (Å²) in [6.07, 6.45) is 3.21. The number of hydrogen-bond donors (Lipinski definition) is 0. The first-order valence-corrected chi connectivity index (χ1v) is 12.7. The molecule has 0 fully saturated rings. The van der Waals surface area contributed by atoms with Gasteiger partial charge in [-0.3, -0.25) is 14.6 Å². The lowest BCUT2D eigenvalue weighted by molar-refractivity contribution is -0.135. The van der Waals surface area contributed by atoms with Crippen LogP contribution in [0.4, 0.5) is 0 Å². The largest absolute Gasteiger partial charge is 0.493 e. The third kappa shape index (κ3) is 4.53. The molecule has 40 heavy (non-hydrogen) atoms. The van der Waals surface area contributed by atoms with Crippen LogP contribution in [0.15, 0.2) is 94.5 Å². The maximum absolute atomic E-state index is 13.7. The molecular formula is C32H25NO7. The summed E-state index contributed by atoms with van der Waals surface area (Å²) in [7, 11) is 3.09. The Morgan fingerprint density at radius 3 is 2.52 bits per heavy atom. The van der Waals surface area contributed by atoms with E-state index in [1.807, 2.05) is 42.5 Å². The van der Waals surface area contributed by atoms with Crippen LogP contribution in [-0.4, -0.2) is 25.2 Å². The monoisotopic (exact) mass is 535 g/mol. The number of pyridine rings is 1. The van der Waals surface area contributed by atoms with Gasteiger partial charge in [0.1, 0.15) is 30.0 Å². The summed E-state index contributed by atoms with van der Waals surface area (Å²) in [4.78, 5) is 30.7. The Hall–Kier alpha value is -5.11. The number of hydrogen-bond acceptors (Lipinski definition) is 8. The Kier molecular flexibility index (Phi) is 6.66. The zero-order valence-corrected chi connectivity index (χ0v) is 21.9. The van der Waals surface area contributed by atoms with Crippen molar-refractivity contribution in [2.45, 2.75) is 18.9 Å². The summed E-state index contributed by atoms with van der Waals surface area (Å²) in [5.41, 5.74) is 3.34. The van der Waals surface area contributed by atoms with Gasteiger partial charge in [-0.25, -0.2) is 0 Å². The van der Waals surface area contributed by atoms with Crippen LogP contribution >= 0.6 is 0 Å². The highest BCUT2D eigenvalue weighted by Gasteiger charge is 2.34. The second-order valence-corrected chi connectivity index (χ2v) is 9.28. The van der Waals surface area contributed by atoms with Gasteiger partial charge in [0.15, 0.2) is 11.5 Å². The van der Waals surface area contributed by atoms with Crippen LogP contribution in [0.3, 0.4) is 0 Å². The van der Waals surface area contributed by atoms with Crippen LogP contribution in [0.1, 0.15) is 29.2 Å². The zero-order valence-electron chi connectivity index (χ0n) is 21.9. The van der Waals surface area contributed by atoms with Crippen LogP contribution < -0.4 is 24.4 Å². The van der Waals surface area contributed by atoms with E-state index in [0.717, 1.165) is 11.3 Å². The molecule has 200 valence electrons. The van der Waals surface area contributed by atoms with Gasteiger partial charge in [-0.1, -0.05) is 30.3 Å². The maximum Gasteiger partial charge on any atom is 0.312 e. The molecule has 0 N–H and O–H groups in total. The Labute approximate surface area is 229 Å². The lowest BCUT2D eigenvalue weighted by Gasteiger charge is -2.27. The minimum Gasteiger partial charge on any atom is -0.493 e. The van der Waals surface area contributed by atoms with E-state index in [4.69, 9.17) is 23.4 Å². The van der Waals surface area contributed by atoms with Crippen LogP contribution in [0.5, 0.6) is 23.0 Å². The number of ether oxygens (including phenoxy) is 4. The first kappa shape index (κ1) is 25.2. The highest BCUT2D eigenvalue weighted by atomic mass is 16.5. The predicted octanol–water partition coefficient (Wildman–Crippen LogP) is 5.89. The predicted molar refractivity (Wildman–Crippen MR) is 148 cm³/mol. The Bertz CT molecular complexity index is 1780. The number of esters is 1. The van der Waals surface area contributed by atoms with Crippen LogP contribution in [0.2, 0.25) is 0 Å². The smallest absolute Gasteiger partial charge is 0.312 e. The van der Waals surface area contributed by atoms with Gasteiger partial charge in [-0.05, 0) is 48.0 Å². The molecule has 0 amide bonds. The van der Waals surface area contributed by atoms with E-state index in [9.17, 15) is 9.59 Å². The second kappa shape index (κ2) is 10.6. The fourth-order valence-corrected chi connectivity index (χ4v) is 5.06. The second-order valence-electron chi connectivity index (χ2n) is 9.28. The minimum atomic E-state index is -0.449. The van der Waals surface area contributed by atoms with Gasteiger partial charge in [-0.15, -0.1) is 0 Å². The van der Waals surface area contributed by atoms with Crippen LogP contribution in [0.25, 0.3) is 22.1 Å². The number of benzene rings is 3. The first-order valence-electron chi connectivity index (χ1n) is 12.7. The summed E-state index contributed by atoms with van der Waals surface area (Å²) >= 11 is 0. The van der Waals surface area contributed by atoms with Crippen molar-refractivity contribution in [1.29, 1.82) is 0 Å². The van der Waals surface area contributed by atoms with E-state index >= 15 is 0 Å². The van der Waals surface area contributed by atoms with E-state index in [1.165, 1.54) is 13.4 Å². The molecule has 2 aromatic heterocycles. The van der Waals surface area contributed by atoms with Crippen molar-refractivity contribution in [3.63, 3.8) is 0 Å². The molecule has 3 heterocycles. The molecule has 0 spiro atoms. The highest BCUT2D eigenvalue weighted by molar-refractivity contribution is 5.90. The molecule has 3 aromatic carbocycles. The molecule has 6 rings (SSSR count). The van der Waals surface area contributed by atoms with E-state index in [1.54, 1.807) is 43.6 Å². The zero-order chi connectivity index (χ0) is 27.6. The Morgan fingerprint density at radius 1 is 0.900 bits per heavy atom. The molecule has 0 radical (unpaired) electrons. The number of carbonyl (C=O) groups excluding carboxylic acids is 1. The number of fused-ring (bicyclic) bond motifs is 3. The van der Waals surface area contributed by atoms with E-state index in [-0.39, 0.29) is 24.4 Å². The van der Waals surface area contributed by atoms with E-state index < -0.39 is 5.92 Å². The van der Waals surface area contributed by atoms with Gasteiger partial charge in [0.05, 0.1) is 37.3 Å². The van der Waals surface area contributed by atoms with Crippen LogP contribution in [-0.2, 0) is 11.4 Å². The lowest BCUT2D eigenvalue weighted by atomic mass is 9.84. The van der Waals surface area contributed by atoms with Gasteiger partial charge in [0.25, 0.3) is 0 Å². The minimum absolute atomic E-state index is 0.0667. The quantitative estimate of drug-likeness (QED) is 0.188. The first-order chi connectivity index (χ1) is 19.6. The Balaban J connectivity index is 1.45. The van der Waals surface area contributed by atoms with Gasteiger partial charge in [0, 0.05) is 23.2 Å². The number of para-hydroxylation sites is 1. The summed E-state index contributed by atoms with van der Waals surface area (Å²) in [5, 5.41) is 0.376. The number of methoxy groups -OCH3 is 2. The van der Waals surface area contributed by atoms with Gasteiger partial charge < -0.3 is 23.4 Å². The summed E-state index contributed by atoms with van der Waals surface area (Å²) in [6.45, 7) is 0.265. The average Bonchev–Trinajstić information content (AvgIpc) is 3.00. The van der Waals surface area contributed by atoms with E-state index in [0.29, 0.717) is 50.7 Å². The van der Waals surface area contributed by atoms with Crippen molar-refractivity contribution in [1.82, 2.24) is 4.98 Å². The third-order valence-corrected chi connectivity index (χ3v) is 6.97. The van der Waals surface area contributed by atoms with Crippen molar-refractivity contribution in [3.05, 3.63) is 112 Å². The van der Waals surface area contributed by atoms with Gasteiger partial charge >= 0.3 is 5.97 Å². The molecule has 8 heteroatoms. The third-order valence-electron chi connectivity index (χ3n) is 6.97. The van der Waals surface area contributed by atoms with Gasteiger partial charge in [-0.2, -0.15) is 0 Å². The number of rotatable bonds is 7. The molecular weight excluding hydrogens is 510 g/mol. The van der Waals surface area contributed by atoms with Crippen molar-refractivity contribution in [2.75, 3.05) is 14.2 Å². The number of nitrogens with zero attached hydrogens (tertiary/aromatic N) is 1. The average molecular weight is 536 g/mol.